The summed E-state index contributed by atoms with van der Waals surface area (Å²) in [6, 6.07) is 10.5. The van der Waals surface area contributed by atoms with E-state index in [0.717, 1.165) is 16.1 Å². The fraction of sp³-hybridized carbons (Fsp3) is 0.0588. The Labute approximate surface area is 141 Å². The van der Waals surface area contributed by atoms with Crippen LogP contribution < -0.4 is 5.32 Å². The summed E-state index contributed by atoms with van der Waals surface area (Å²) in [7, 11) is 0. The minimum Gasteiger partial charge on any atom is -0.508 e. The van der Waals surface area contributed by atoms with Gasteiger partial charge in [-0.3, -0.25) is 10.1 Å². The predicted molar refractivity (Wildman–Crippen MR) is 91.7 cm³/mol. The summed E-state index contributed by atoms with van der Waals surface area (Å²) in [5, 5.41) is 31.2. The standard InChI is InChI=1S/C17H14N2O4S/c1-9-15(10-2-5-12(20)6-3-10)18-17(24-9)19-16(23)11-4-7-13(21)14(22)8-11/h2-8,20-22H,1H3,(H,18,19,23). The molecule has 3 rings (SSSR count). The molecule has 7 heteroatoms. The molecule has 122 valence electrons. The van der Waals surface area contributed by atoms with Gasteiger partial charge in [-0.15, -0.1) is 11.3 Å². The summed E-state index contributed by atoms with van der Waals surface area (Å²) in [5.74, 6) is -0.905. The Morgan fingerprint density at radius 1 is 1.04 bits per heavy atom. The molecule has 0 aliphatic rings. The van der Waals surface area contributed by atoms with Crippen molar-refractivity contribution in [2.45, 2.75) is 6.92 Å². The summed E-state index contributed by atoms with van der Waals surface area (Å²) >= 11 is 1.33. The number of nitrogens with zero attached hydrogens (tertiary/aromatic N) is 1. The number of phenols is 3. The number of amides is 1. The van der Waals surface area contributed by atoms with Gasteiger partial charge in [0, 0.05) is 16.0 Å². The molecule has 4 N–H and O–H groups in total. The highest BCUT2D eigenvalue weighted by Crippen LogP contribution is 2.32. The van der Waals surface area contributed by atoms with Crippen LogP contribution in [0.2, 0.25) is 0 Å². The third-order valence-corrected chi connectivity index (χ3v) is 4.28. The molecule has 0 radical (unpaired) electrons. The average molecular weight is 342 g/mol. The summed E-state index contributed by atoms with van der Waals surface area (Å²) in [6.45, 7) is 1.89. The second-order valence-electron chi connectivity index (χ2n) is 5.13. The van der Waals surface area contributed by atoms with Gasteiger partial charge >= 0.3 is 0 Å². The van der Waals surface area contributed by atoms with Crippen molar-refractivity contribution < 1.29 is 20.1 Å². The number of benzene rings is 2. The molecule has 1 amide bonds. The minimum atomic E-state index is -0.434. The third kappa shape index (κ3) is 3.16. The molecular weight excluding hydrogens is 328 g/mol. The van der Waals surface area contributed by atoms with Gasteiger partial charge in [-0.25, -0.2) is 4.98 Å². The van der Waals surface area contributed by atoms with Gasteiger partial charge in [-0.05, 0) is 49.4 Å². The van der Waals surface area contributed by atoms with Gasteiger partial charge in [0.05, 0.1) is 5.69 Å². The SMILES string of the molecule is Cc1sc(NC(=O)c2ccc(O)c(O)c2)nc1-c1ccc(O)cc1. The zero-order valence-electron chi connectivity index (χ0n) is 12.6. The van der Waals surface area contributed by atoms with E-state index in [1.807, 2.05) is 6.92 Å². The van der Waals surface area contributed by atoms with Crippen molar-refractivity contribution in [2.24, 2.45) is 0 Å². The summed E-state index contributed by atoms with van der Waals surface area (Å²) in [6.07, 6.45) is 0. The minimum absolute atomic E-state index is 0.173. The van der Waals surface area contributed by atoms with Gasteiger partial charge in [-0.1, -0.05) is 0 Å². The molecule has 0 spiro atoms. The first kappa shape index (κ1) is 15.8. The number of aryl methyl sites for hydroxylation is 1. The van der Waals surface area contributed by atoms with E-state index >= 15 is 0 Å². The Morgan fingerprint density at radius 3 is 2.42 bits per heavy atom. The lowest BCUT2D eigenvalue weighted by Gasteiger charge is -2.03. The molecule has 3 aromatic rings. The molecule has 1 heterocycles. The smallest absolute Gasteiger partial charge is 0.257 e. The molecule has 0 atom stereocenters. The molecule has 0 saturated carbocycles. The topological polar surface area (TPSA) is 103 Å². The number of phenolic OH excluding ortho intramolecular Hbond substituents is 3. The van der Waals surface area contributed by atoms with Crippen molar-refractivity contribution in [3.8, 4) is 28.5 Å². The first-order valence-corrected chi connectivity index (χ1v) is 7.86. The number of hydrogen-bond acceptors (Lipinski definition) is 6. The van der Waals surface area contributed by atoms with E-state index in [2.05, 4.69) is 10.3 Å². The monoisotopic (exact) mass is 342 g/mol. The highest BCUT2D eigenvalue weighted by molar-refractivity contribution is 7.16. The molecule has 0 saturated heterocycles. The summed E-state index contributed by atoms with van der Waals surface area (Å²) in [5.41, 5.74) is 1.78. The van der Waals surface area contributed by atoms with Crippen LogP contribution in [0.1, 0.15) is 15.2 Å². The molecule has 0 aliphatic carbocycles. The number of aromatic hydroxyl groups is 3. The molecule has 0 bridgehead atoms. The maximum Gasteiger partial charge on any atom is 0.257 e. The lowest BCUT2D eigenvalue weighted by molar-refractivity contribution is 0.102. The van der Waals surface area contributed by atoms with Crippen LogP contribution in [0, 0.1) is 6.92 Å². The first-order chi connectivity index (χ1) is 11.4. The number of aromatic nitrogens is 1. The van der Waals surface area contributed by atoms with Crippen molar-refractivity contribution in [3.63, 3.8) is 0 Å². The highest BCUT2D eigenvalue weighted by atomic mass is 32.1. The highest BCUT2D eigenvalue weighted by Gasteiger charge is 2.14. The lowest BCUT2D eigenvalue weighted by Crippen LogP contribution is -2.11. The maximum atomic E-state index is 12.2. The van der Waals surface area contributed by atoms with Crippen molar-refractivity contribution in [1.29, 1.82) is 0 Å². The zero-order valence-corrected chi connectivity index (χ0v) is 13.5. The number of nitrogens with one attached hydrogen (secondary N) is 1. The fourth-order valence-corrected chi connectivity index (χ4v) is 3.00. The maximum absolute atomic E-state index is 12.2. The van der Waals surface area contributed by atoms with E-state index in [-0.39, 0.29) is 22.8 Å². The van der Waals surface area contributed by atoms with Gasteiger partial charge in [0.2, 0.25) is 0 Å². The molecular formula is C17H14N2O4S. The first-order valence-electron chi connectivity index (χ1n) is 7.04. The van der Waals surface area contributed by atoms with Gasteiger partial charge in [0.1, 0.15) is 5.75 Å². The number of hydrogen-bond donors (Lipinski definition) is 4. The van der Waals surface area contributed by atoms with E-state index in [0.29, 0.717) is 5.13 Å². The second kappa shape index (κ2) is 6.21. The van der Waals surface area contributed by atoms with Crippen LogP contribution in [-0.2, 0) is 0 Å². The van der Waals surface area contributed by atoms with E-state index in [9.17, 15) is 20.1 Å². The van der Waals surface area contributed by atoms with Gasteiger partial charge in [0.15, 0.2) is 16.6 Å². The van der Waals surface area contributed by atoms with Crippen molar-refractivity contribution >= 4 is 22.4 Å². The average Bonchev–Trinajstić information content (AvgIpc) is 2.91. The Hall–Kier alpha value is -3.06. The fourth-order valence-electron chi connectivity index (χ4n) is 2.17. The van der Waals surface area contributed by atoms with Crippen molar-refractivity contribution in [1.82, 2.24) is 4.98 Å². The number of carbonyl (C=O) groups excluding carboxylic acids is 1. The number of anilines is 1. The third-order valence-electron chi connectivity index (χ3n) is 3.40. The number of carbonyl (C=O) groups is 1. The Morgan fingerprint density at radius 2 is 1.75 bits per heavy atom. The van der Waals surface area contributed by atoms with Gasteiger partial charge in [-0.2, -0.15) is 0 Å². The van der Waals surface area contributed by atoms with Crippen molar-refractivity contribution in [2.75, 3.05) is 5.32 Å². The predicted octanol–water partition coefficient (Wildman–Crippen LogP) is 3.49. The van der Waals surface area contributed by atoms with E-state index in [1.165, 1.54) is 29.5 Å². The van der Waals surface area contributed by atoms with E-state index < -0.39 is 5.91 Å². The molecule has 0 fully saturated rings. The normalized spacial score (nSPS) is 10.5. The molecule has 6 nitrogen and oxygen atoms in total. The van der Waals surface area contributed by atoms with Crippen LogP contribution in [0.25, 0.3) is 11.3 Å². The Balaban J connectivity index is 1.83. The Kier molecular flexibility index (Phi) is 4.09. The van der Waals surface area contributed by atoms with Crippen LogP contribution in [0.3, 0.4) is 0 Å². The van der Waals surface area contributed by atoms with Crippen LogP contribution in [-0.4, -0.2) is 26.2 Å². The van der Waals surface area contributed by atoms with Gasteiger partial charge in [0.25, 0.3) is 5.91 Å². The number of rotatable bonds is 3. The quantitative estimate of drug-likeness (QED) is 0.546. The van der Waals surface area contributed by atoms with E-state index in [1.54, 1.807) is 24.3 Å². The lowest BCUT2D eigenvalue weighted by atomic mass is 10.1. The molecule has 1 aromatic heterocycles. The van der Waals surface area contributed by atoms with Crippen LogP contribution >= 0.6 is 11.3 Å². The second-order valence-corrected chi connectivity index (χ2v) is 6.33. The van der Waals surface area contributed by atoms with Crippen LogP contribution in [0.5, 0.6) is 17.2 Å². The largest absolute Gasteiger partial charge is 0.508 e. The Bertz CT molecular complexity index is 903. The van der Waals surface area contributed by atoms with Crippen LogP contribution in [0.4, 0.5) is 5.13 Å². The molecule has 0 unspecified atom stereocenters. The summed E-state index contributed by atoms with van der Waals surface area (Å²) < 4.78 is 0. The summed E-state index contributed by atoms with van der Waals surface area (Å²) in [4.78, 5) is 17.5. The molecule has 0 aliphatic heterocycles. The van der Waals surface area contributed by atoms with Crippen LogP contribution in [0.15, 0.2) is 42.5 Å². The van der Waals surface area contributed by atoms with Gasteiger partial charge < -0.3 is 15.3 Å². The van der Waals surface area contributed by atoms with Crippen molar-refractivity contribution in [3.05, 3.63) is 52.9 Å². The molecule has 2 aromatic carbocycles. The van der Waals surface area contributed by atoms with E-state index in [4.69, 9.17) is 0 Å². The molecule has 24 heavy (non-hydrogen) atoms. The number of thiazole rings is 1. The zero-order chi connectivity index (χ0) is 17.3.